The van der Waals surface area contributed by atoms with Gasteiger partial charge in [-0.2, -0.15) is 0 Å². The van der Waals surface area contributed by atoms with Gasteiger partial charge in [0.2, 0.25) is 0 Å². The first kappa shape index (κ1) is 11.6. The molecule has 4 aliphatic rings. The third kappa shape index (κ3) is 1.79. The Morgan fingerprint density at radius 2 is 0.611 bits per heavy atom. The van der Waals surface area contributed by atoms with Crippen LogP contribution in [0.3, 0.4) is 0 Å². The molecule has 0 aromatic carbocycles. The number of allylic oxidation sites excluding steroid dienone is 2. The van der Waals surface area contributed by atoms with Crippen molar-refractivity contribution in [1.29, 1.82) is 0 Å². The molecule has 0 aromatic rings. The number of rotatable bonds is 0. The van der Waals surface area contributed by atoms with Gasteiger partial charge in [-0.1, -0.05) is 36.8 Å². The van der Waals surface area contributed by atoms with Gasteiger partial charge in [-0.25, -0.2) is 0 Å². The third-order valence-electron chi connectivity index (χ3n) is 6.51. The van der Waals surface area contributed by atoms with E-state index in [1.54, 1.807) is 0 Å². The molecule has 18 heavy (non-hydrogen) atoms. The minimum Gasteiger partial charge on any atom is -0.0642 e. The molecule has 0 saturated heterocycles. The van der Waals surface area contributed by atoms with Gasteiger partial charge in [0.15, 0.2) is 0 Å². The zero-order chi connectivity index (χ0) is 11.9. The smallest absolute Gasteiger partial charge is 0.0198 e. The fourth-order valence-corrected chi connectivity index (χ4v) is 5.87. The summed E-state index contributed by atoms with van der Waals surface area (Å²) in [6.07, 6.45) is 18.4. The largest absolute Gasteiger partial charge is 0.0642 e. The monoisotopic (exact) mass is 244 g/mol. The summed E-state index contributed by atoms with van der Waals surface area (Å²) in [7, 11) is 0. The topological polar surface area (TPSA) is 0 Å². The van der Waals surface area contributed by atoms with Crippen molar-refractivity contribution in [2.45, 2.75) is 77.0 Å². The van der Waals surface area contributed by atoms with Gasteiger partial charge >= 0.3 is 0 Å². The first-order valence-corrected chi connectivity index (χ1v) is 8.67. The van der Waals surface area contributed by atoms with Gasteiger partial charge in [0.1, 0.15) is 0 Å². The first-order valence-electron chi connectivity index (χ1n) is 8.67. The van der Waals surface area contributed by atoms with Gasteiger partial charge in [-0.15, -0.1) is 0 Å². The molecule has 0 aliphatic heterocycles. The van der Waals surface area contributed by atoms with E-state index in [1.165, 1.54) is 77.0 Å². The Hall–Kier alpha value is -0.260. The molecule has 4 fully saturated rings. The van der Waals surface area contributed by atoms with Gasteiger partial charge in [-0.3, -0.25) is 0 Å². The van der Waals surface area contributed by atoms with Gasteiger partial charge in [0.05, 0.1) is 0 Å². The molecule has 0 radical (unpaired) electrons. The highest BCUT2D eigenvalue weighted by Gasteiger charge is 2.39. The van der Waals surface area contributed by atoms with Crippen molar-refractivity contribution in [1.82, 2.24) is 0 Å². The van der Waals surface area contributed by atoms with Crippen molar-refractivity contribution in [3.63, 3.8) is 0 Å². The summed E-state index contributed by atoms with van der Waals surface area (Å²) in [4.78, 5) is 0. The third-order valence-corrected chi connectivity index (χ3v) is 6.51. The Balaban J connectivity index is 1.75. The van der Waals surface area contributed by atoms with Gasteiger partial charge < -0.3 is 0 Å². The fraction of sp³-hybridized carbons (Fsp3) is 0.889. The molecular formula is C18H28. The van der Waals surface area contributed by atoms with Crippen LogP contribution in [0.25, 0.3) is 0 Å². The minimum atomic E-state index is 1.04. The summed E-state index contributed by atoms with van der Waals surface area (Å²) < 4.78 is 0. The predicted molar refractivity (Wildman–Crippen MR) is 76.4 cm³/mol. The lowest BCUT2D eigenvalue weighted by atomic mass is 9.59. The van der Waals surface area contributed by atoms with Crippen LogP contribution >= 0.6 is 0 Å². The molecule has 4 rings (SSSR count). The molecule has 0 nitrogen and oxygen atoms in total. The normalized spacial score (nSPS) is 44.0. The molecule has 4 aliphatic carbocycles. The lowest BCUT2D eigenvalue weighted by Gasteiger charge is -2.46. The summed E-state index contributed by atoms with van der Waals surface area (Å²) in [6, 6.07) is 0. The van der Waals surface area contributed by atoms with Crippen molar-refractivity contribution in [2.24, 2.45) is 23.7 Å². The van der Waals surface area contributed by atoms with E-state index in [9.17, 15) is 0 Å². The number of hydrogen-bond donors (Lipinski definition) is 0. The van der Waals surface area contributed by atoms with Crippen LogP contribution in [0, 0.1) is 23.7 Å². The number of fused-ring (bicyclic) bond motifs is 4. The standard InChI is InChI=1S/C18H28/c1-5-13-7-2-8-14(6-1)17(13)18-15-9-3-10-16(18)12-4-11-15/h13-16H,1-12H2. The summed E-state index contributed by atoms with van der Waals surface area (Å²) in [5.74, 6) is 4.14. The quantitative estimate of drug-likeness (QED) is 0.495. The van der Waals surface area contributed by atoms with E-state index in [0.29, 0.717) is 0 Å². The van der Waals surface area contributed by atoms with E-state index in [-0.39, 0.29) is 0 Å². The molecule has 0 heterocycles. The van der Waals surface area contributed by atoms with Crippen LogP contribution < -0.4 is 0 Å². The molecular weight excluding hydrogens is 216 g/mol. The van der Waals surface area contributed by atoms with E-state index in [1.807, 2.05) is 0 Å². The average Bonchev–Trinajstić information content (AvgIpc) is 2.36. The van der Waals surface area contributed by atoms with E-state index in [0.717, 1.165) is 23.7 Å². The van der Waals surface area contributed by atoms with Crippen LogP contribution in [-0.2, 0) is 0 Å². The Labute approximate surface area is 112 Å². The average molecular weight is 244 g/mol. The molecule has 0 spiro atoms. The fourth-order valence-electron chi connectivity index (χ4n) is 5.87. The van der Waals surface area contributed by atoms with E-state index in [2.05, 4.69) is 11.1 Å². The van der Waals surface area contributed by atoms with Gasteiger partial charge in [0, 0.05) is 0 Å². The molecule has 0 atom stereocenters. The first-order chi connectivity index (χ1) is 8.93. The highest BCUT2D eigenvalue weighted by Crippen LogP contribution is 2.53. The number of hydrogen-bond acceptors (Lipinski definition) is 0. The summed E-state index contributed by atoms with van der Waals surface area (Å²) >= 11 is 0. The zero-order valence-corrected chi connectivity index (χ0v) is 11.8. The summed E-state index contributed by atoms with van der Waals surface area (Å²) in [5.41, 5.74) is 4.11. The molecule has 0 aromatic heterocycles. The van der Waals surface area contributed by atoms with E-state index in [4.69, 9.17) is 0 Å². The van der Waals surface area contributed by atoms with E-state index < -0.39 is 0 Å². The molecule has 0 heteroatoms. The van der Waals surface area contributed by atoms with Crippen molar-refractivity contribution >= 4 is 0 Å². The van der Waals surface area contributed by atoms with Crippen LogP contribution in [0.5, 0.6) is 0 Å². The lowest BCUT2D eigenvalue weighted by molar-refractivity contribution is 0.228. The molecule has 0 amide bonds. The van der Waals surface area contributed by atoms with Crippen molar-refractivity contribution < 1.29 is 0 Å². The Kier molecular flexibility index (Phi) is 3.01. The van der Waals surface area contributed by atoms with Crippen LogP contribution in [-0.4, -0.2) is 0 Å². The molecule has 0 unspecified atom stereocenters. The Morgan fingerprint density at radius 1 is 0.389 bits per heavy atom. The maximum Gasteiger partial charge on any atom is -0.0198 e. The minimum absolute atomic E-state index is 1.04. The lowest BCUT2D eigenvalue weighted by Crippen LogP contribution is -2.33. The Morgan fingerprint density at radius 3 is 0.833 bits per heavy atom. The van der Waals surface area contributed by atoms with Gasteiger partial charge in [0.25, 0.3) is 0 Å². The Bertz CT molecular complexity index is 269. The summed E-state index contributed by atoms with van der Waals surface area (Å²) in [6.45, 7) is 0. The second kappa shape index (κ2) is 4.69. The summed E-state index contributed by atoms with van der Waals surface area (Å²) in [5, 5.41) is 0. The predicted octanol–water partition coefficient (Wildman–Crippen LogP) is 5.48. The molecule has 0 N–H and O–H groups in total. The zero-order valence-electron chi connectivity index (χ0n) is 11.8. The second-order valence-electron chi connectivity index (χ2n) is 7.42. The second-order valence-corrected chi connectivity index (χ2v) is 7.42. The maximum absolute atomic E-state index is 2.06. The van der Waals surface area contributed by atoms with Gasteiger partial charge in [-0.05, 0) is 75.0 Å². The van der Waals surface area contributed by atoms with E-state index >= 15 is 0 Å². The van der Waals surface area contributed by atoms with Crippen LogP contribution in [0.2, 0.25) is 0 Å². The highest BCUT2D eigenvalue weighted by molar-refractivity contribution is 5.29. The molecule has 4 saturated carbocycles. The molecule has 100 valence electrons. The van der Waals surface area contributed by atoms with Crippen LogP contribution in [0.1, 0.15) is 77.0 Å². The van der Waals surface area contributed by atoms with Crippen molar-refractivity contribution in [3.8, 4) is 0 Å². The van der Waals surface area contributed by atoms with Crippen molar-refractivity contribution in [2.75, 3.05) is 0 Å². The van der Waals surface area contributed by atoms with Crippen LogP contribution in [0.15, 0.2) is 11.1 Å². The van der Waals surface area contributed by atoms with Crippen LogP contribution in [0.4, 0.5) is 0 Å². The SMILES string of the molecule is C1CC2CCCC(C1)C2=C1C2CCCC1CCC2. The molecule has 4 bridgehead atoms. The highest BCUT2D eigenvalue weighted by atomic mass is 14.4. The van der Waals surface area contributed by atoms with Crippen molar-refractivity contribution in [3.05, 3.63) is 11.1 Å². The maximum atomic E-state index is 2.06.